The van der Waals surface area contributed by atoms with Crippen LogP contribution in [0.2, 0.25) is 0 Å². The maximum atomic E-state index is 13.7. The number of carboxylic acids is 1. The van der Waals surface area contributed by atoms with Gasteiger partial charge in [-0.15, -0.1) is 0 Å². The van der Waals surface area contributed by atoms with Crippen LogP contribution in [0.25, 0.3) is 0 Å². The summed E-state index contributed by atoms with van der Waals surface area (Å²) in [6.45, 7) is 7.25. The van der Waals surface area contributed by atoms with Crippen LogP contribution in [0.3, 0.4) is 0 Å². The van der Waals surface area contributed by atoms with Crippen LogP contribution in [-0.4, -0.2) is 59.6 Å². The molecule has 1 heterocycles. The Hall–Kier alpha value is -2.15. The summed E-state index contributed by atoms with van der Waals surface area (Å²) in [5.74, 6) is -1.16. The highest BCUT2D eigenvalue weighted by Crippen LogP contribution is 2.33. The zero-order chi connectivity index (χ0) is 20.9. The van der Waals surface area contributed by atoms with E-state index >= 15 is 0 Å². The second kappa shape index (κ2) is 9.37. The molecule has 1 saturated heterocycles. The number of nitrogens with one attached hydrogen (secondary N) is 1. The third-order valence-electron chi connectivity index (χ3n) is 5.31. The first-order valence-electron chi connectivity index (χ1n) is 9.81. The number of carboxylic acid groups (broad SMARTS) is 1. The van der Waals surface area contributed by atoms with Crippen molar-refractivity contribution in [2.75, 3.05) is 26.7 Å². The summed E-state index contributed by atoms with van der Waals surface area (Å²) in [4.78, 5) is 27.5. The van der Waals surface area contributed by atoms with Crippen molar-refractivity contribution in [2.45, 2.75) is 52.1 Å². The molecular weight excluding hydrogens is 361 g/mol. The van der Waals surface area contributed by atoms with E-state index in [0.29, 0.717) is 13.1 Å². The Labute approximate surface area is 166 Å². The van der Waals surface area contributed by atoms with Crippen LogP contribution in [0.1, 0.15) is 51.6 Å². The first-order chi connectivity index (χ1) is 13.1. The Bertz CT molecular complexity index is 690. The predicted octanol–water partition coefficient (Wildman–Crippen LogP) is 3.49. The van der Waals surface area contributed by atoms with Crippen LogP contribution in [0.5, 0.6) is 0 Å². The first kappa shape index (κ1) is 22.1. The van der Waals surface area contributed by atoms with E-state index in [-0.39, 0.29) is 35.9 Å². The van der Waals surface area contributed by atoms with Gasteiger partial charge in [0.2, 0.25) is 0 Å². The molecule has 2 N–H and O–H groups in total. The van der Waals surface area contributed by atoms with Crippen molar-refractivity contribution < 1.29 is 19.1 Å². The number of nitrogens with zero attached hydrogens (tertiary/aromatic N) is 2. The maximum Gasteiger partial charge on any atom is 0.317 e. The number of likely N-dealkylation sites (tertiary alicyclic amines) is 1. The number of halogens is 1. The molecular formula is C21H32FN3O3. The molecule has 7 heteroatoms. The monoisotopic (exact) mass is 393 g/mol. The van der Waals surface area contributed by atoms with Crippen molar-refractivity contribution >= 4 is 12.0 Å². The highest BCUT2D eigenvalue weighted by molar-refractivity contribution is 5.75. The lowest BCUT2D eigenvalue weighted by Crippen LogP contribution is -2.45. The molecule has 1 aliphatic rings. The number of likely N-dealkylation sites (N-methyl/N-ethyl adjacent to an activating group) is 1. The second-order valence-corrected chi connectivity index (χ2v) is 8.68. The van der Waals surface area contributed by atoms with Gasteiger partial charge in [0.15, 0.2) is 0 Å². The molecule has 2 rings (SSSR count). The zero-order valence-electron chi connectivity index (χ0n) is 17.2. The summed E-state index contributed by atoms with van der Waals surface area (Å²) in [6.07, 6.45) is 2.42. The molecule has 0 spiro atoms. The summed E-state index contributed by atoms with van der Waals surface area (Å²) < 4.78 is 13.7. The SMILES string of the molecule is CN(CC(=O)O)C1CCCN(C(=O)NC(c2cccc(F)c2)C(C)(C)C)CC1. The fourth-order valence-corrected chi connectivity index (χ4v) is 3.77. The summed E-state index contributed by atoms with van der Waals surface area (Å²) in [5, 5.41) is 12.1. The van der Waals surface area contributed by atoms with E-state index in [2.05, 4.69) is 5.32 Å². The average Bonchev–Trinajstić information content (AvgIpc) is 2.84. The van der Waals surface area contributed by atoms with Crippen LogP contribution in [-0.2, 0) is 4.79 Å². The fourth-order valence-electron chi connectivity index (χ4n) is 3.77. The Morgan fingerprint density at radius 1 is 1.32 bits per heavy atom. The lowest BCUT2D eigenvalue weighted by Gasteiger charge is -2.34. The summed E-state index contributed by atoms with van der Waals surface area (Å²) >= 11 is 0. The topological polar surface area (TPSA) is 72.9 Å². The van der Waals surface area contributed by atoms with Gasteiger partial charge in [-0.1, -0.05) is 32.9 Å². The number of rotatable bonds is 5. The van der Waals surface area contributed by atoms with Gasteiger partial charge in [-0.3, -0.25) is 9.69 Å². The maximum absolute atomic E-state index is 13.7. The molecule has 0 aliphatic carbocycles. The molecule has 1 fully saturated rings. The number of amides is 2. The number of hydrogen-bond acceptors (Lipinski definition) is 3. The van der Waals surface area contributed by atoms with Crippen molar-refractivity contribution in [1.29, 1.82) is 0 Å². The van der Waals surface area contributed by atoms with Gasteiger partial charge in [0.1, 0.15) is 5.82 Å². The molecule has 2 amide bonds. The van der Waals surface area contributed by atoms with Gasteiger partial charge in [-0.25, -0.2) is 9.18 Å². The van der Waals surface area contributed by atoms with E-state index in [9.17, 15) is 14.0 Å². The van der Waals surface area contributed by atoms with Crippen molar-refractivity contribution in [3.63, 3.8) is 0 Å². The molecule has 0 bridgehead atoms. The summed E-state index contributed by atoms with van der Waals surface area (Å²) in [5.41, 5.74) is 0.467. The van der Waals surface area contributed by atoms with Crippen LogP contribution in [0.4, 0.5) is 9.18 Å². The first-order valence-corrected chi connectivity index (χ1v) is 9.81. The Kier molecular flexibility index (Phi) is 7.41. The summed E-state index contributed by atoms with van der Waals surface area (Å²) in [6, 6.07) is 6.03. The fraction of sp³-hybridized carbons (Fsp3) is 0.619. The van der Waals surface area contributed by atoms with Gasteiger partial charge >= 0.3 is 12.0 Å². The molecule has 0 aromatic heterocycles. The van der Waals surface area contributed by atoms with E-state index in [1.807, 2.05) is 38.8 Å². The minimum atomic E-state index is -0.843. The van der Waals surface area contributed by atoms with E-state index in [1.165, 1.54) is 12.1 Å². The normalized spacial score (nSPS) is 19.2. The van der Waals surface area contributed by atoms with E-state index in [4.69, 9.17) is 5.11 Å². The van der Waals surface area contributed by atoms with Crippen LogP contribution in [0, 0.1) is 11.2 Å². The highest BCUT2D eigenvalue weighted by atomic mass is 19.1. The molecule has 6 nitrogen and oxygen atoms in total. The molecule has 0 radical (unpaired) electrons. The van der Waals surface area contributed by atoms with Crippen LogP contribution in [0.15, 0.2) is 24.3 Å². The third-order valence-corrected chi connectivity index (χ3v) is 5.31. The molecule has 156 valence electrons. The predicted molar refractivity (Wildman–Crippen MR) is 107 cm³/mol. The smallest absolute Gasteiger partial charge is 0.317 e. The van der Waals surface area contributed by atoms with Gasteiger partial charge in [0.25, 0.3) is 0 Å². The number of aliphatic carboxylic acids is 1. The number of carbonyl (C=O) groups is 2. The van der Waals surface area contributed by atoms with Gasteiger partial charge in [0, 0.05) is 19.1 Å². The van der Waals surface area contributed by atoms with Gasteiger partial charge in [0.05, 0.1) is 12.6 Å². The standard InChI is InChI=1S/C21H32FN3O3/c1-21(2,3)19(15-7-5-8-16(22)13-15)23-20(28)25-11-6-9-17(10-12-25)24(4)14-18(26)27/h5,7-8,13,17,19H,6,9-12,14H2,1-4H3,(H,23,28)(H,26,27). The number of hydrogen-bond donors (Lipinski definition) is 2. The van der Waals surface area contributed by atoms with Gasteiger partial charge < -0.3 is 15.3 Å². The van der Waals surface area contributed by atoms with Crippen molar-refractivity contribution in [2.24, 2.45) is 5.41 Å². The highest BCUT2D eigenvalue weighted by Gasteiger charge is 2.31. The molecule has 0 saturated carbocycles. The lowest BCUT2D eigenvalue weighted by molar-refractivity contribution is -0.138. The Balaban J connectivity index is 2.04. The van der Waals surface area contributed by atoms with E-state index in [1.54, 1.807) is 11.0 Å². The van der Waals surface area contributed by atoms with Gasteiger partial charge in [-0.05, 0) is 49.4 Å². The summed E-state index contributed by atoms with van der Waals surface area (Å²) in [7, 11) is 1.81. The van der Waals surface area contributed by atoms with E-state index < -0.39 is 5.97 Å². The van der Waals surface area contributed by atoms with E-state index in [0.717, 1.165) is 24.8 Å². The molecule has 2 atom stereocenters. The van der Waals surface area contributed by atoms with Crippen molar-refractivity contribution in [3.8, 4) is 0 Å². The minimum absolute atomic E-state index is 0.00251. The quantitative estimate of drug-likeness (QED) is 0.803. The molecule has 28 heavy (non-hydrogen) atoms. The molecule has 1 aromatic rings. The third kappa shape index (κ3) is 6.19. The van der Waals surface area contributed by atoms with Gasteiger partial charge in [-0.2, -0.15) is 0 Å². The van der Waals surface area contributed by atoms with Crippen LogP contribution < -0.4 is 5.32 Å². The van der Waals surface area contributed by atoms with Crippen molar-refractivity contribution in [1.82, 2.24) is 15.1 Å². The lowest BCUT2D eigenvalue weighted by atomic mass is 9.82. The number of urea groups is 1. The number of carbonyl (C=O) groups excluding carboxylic acids is 1. The second-order valence-electron chi connectivity index (χ2n) is 8.68. The zero-order valence-corrected chi connectivity index (χ0v) is 17.2. The van der Waals surface area contributed by atoms with Crippen LogP contribution >= 0.6 is 0 Å². The molecule has 2 unspecified atom stereocenters. The molecule has 1 aliphatic heterocycles. The number of benzene rings is 1. The molecule has 1 aromatic carbocycles. The minimum Gasteiger partial charge on any atom is -0.480 e. The largest absolute Gasteiger partial charge is 0.480 e. The Morgan fingerprint density at radius 3 is 2.64 bits per heavy atom. The Morgan fingerprint density at radius 2 is 2.04 bits per heavy atom. The average molecular weight is 394 g/mol. The van der Waals surface area contributed by atoms with Crippen molar-refractivity contribution in [3.05, 3.63) is 35.6 Å².